The van der Waals surface area contributed by atoms with E-state index in [1.54, 1.807) is 65.7 Å². The lowest BCUT2D eigenvalue weighted by Gasteiger charge is -2.39. The fourth-order valence-electron chi connectivity index (χ4n) is 4.33. The van der Waals surface area contributed by atoms with Crippen LogP contribution in [0.2, 0.25) is 5.02 Å². The second-order valence-electron chi connectivity index (χ2n) is 8.21. The summed E-state index contributed by atoms with van der Waals surface area (Å²) in [4.78, 5) is 5.60. The number of aliphatic hydroxyl groups is 1. The molecule has 10 heteroatoms. The van der Waals surface area contributed by atoms with Crippen molar-refractivity contribution in [3.63, 3.8) is 0 Å². The van der Waals surface area contributed by atoms with Crippen molar-refractivity contribution in [2.45, 2.75) is 24.6 Å². The Morgan fingerprint density at radius 1 is 1.08 bits per heavy atom. The second-order valence-corrected chi connectivity index (χ2v) is 8.65. The fraction of sp³-hybridized carbons (Fsp3) is 0.231. The molecule has 2 N–H and O–H groups in total. The topological polar surface area (TPSA) is 80.9 Å². The van der Waals surface area contributed by atoms with Gasteiger partial charge in [-0.3, -0.25) is 4.90 Å². The Labute approximate surface area is 211 Å². The molecule has 0 aromatic heterocycles. The maximum Gasteiger partial charge on any atom is 0.416 e. The molecule has 0 bridgehead atoms. The summed E-state index contributed by atoms with van der Waals surface area (Å²) < 4.78 is 46.5. The zero-order valence-electron chi connectivity index (χ0n) is 19.0. The molecule has 1 atom stereocenters. The quantitative estimate of drug-likeness (QED) is 0.374. The first-order chi connectivity index (χ1) is 17.3. The van der Waals surface area contributed by atoms with Gasteiger partial charge in [-0.05, 0) is 79.1 Å². The van der Waals surface area contributed by atoms with E-state index in [2.05, 4.69) is 10.3 Å². The van der Waals surface area contributed by atoms with Crippen molar-refractivity contribution in [3.05, 3.63) is 88.9 Å². The highest BCUT2D eigenvalue weighted by molar-refractivity contribution is 6.30. The van der Waals surface area contributed by atoms with Gasteiger partial charge in [-0.1, -0.05) is 23.7 Å². The van der Waals surface area contributed by atoms with Crippen molar-refractivity contribution in [2.75, 3.05) is 18.1 Å². The highest BCUT2D eigenvalue weighted by Gasteiger charge is 2.47. The number of ether oxygens (including phenoxy) is 1. The van der Waals surface area contributed by atoms with E-state index in [4.69, 9.17) is 16.3 Å². The summed E-state index contributed by atoms with van der Waals surface area (Å²) in [7, 11) is 0. The number of nitrogens with zero attached hydrogens (tertiary/aromatic N) is 3. The summed E-state index contributed by atoms with van der Waals surface area (Å²) in [6, 6.07) is 18.9. The van der Waals surface area contributed by atoms with Crippen molar-refractivity contribution in [1.29, 1.82) is 5.26 Å². The SMILES string of the molecule is N#CN=C1NC[C@](CCCO)(c2cccc(C(F)(F)F)c2)N1c1ccc(Oc2ccc(Cl)cc2)cc1. The molecule has 6 nitrogen and oxygen atoms in total. The summed E-state index contributed by atoms with van der Waals surface area (Å²) in [5.41, 5.74) is -0.825. The van der Waals surface area contributed by atoms with Crippen LogP contribution in [0.3, 0.4) is 0 Å². The number of nitriles is 1. The zero-order chi connectivity index (χ0) is 25.8. The molecule has 1 fully saturated rings. The largest absolute Gasteiger partial charge is 0.457 e. The van der Waals surface area contributed by atoms with Gasteiger partial charge in [0.1, 0.15) is 11.5 Å². The molecule has 0 aliphatic carbocycles. The molecule has 0 radical (unpaired) electrons. The van der Waals surface area contributed by atoms with E-state index in [0.717, 1.165) is 12.1 Å². The van der Waals surface area contributed by atoms with Crippen LogP contribution in [0.4, 0.5) is 18.9 Å². The number of nitrogens with one attached hydrogen (secondary N) is 1. The second kappa shape index (κ2) is 10.5. The number of alkyl halides is 3. The number of hydrogen-bond donors (Lipinski definition) is 2. The minimum Gasteiger partial charge on any atom is -0.457 e. The van der Waals surface area contributed by atoms with E-state index in [-0.39, 0.29) is 19.1 Å². The molecule has 1 aliphatic heterocycles. The van der Waals surface area contributed by atoms with Crippen LogP contribution in [-0.2, 0) is 11.7 Å². The molecule has 0 unspecified atom stereocenters. The minimum absolute atomic E-state index is 0.146. The first-order valence-electron chi connectivity index (χ1n) is 11.1. The standard InChI is InChI=1S/C26H22ClF3N4O2/c27-20-5-9-22(10-6-20)36-23-11-7-21(8-12-23)34-24(33-17-31)32-16-25(34,13-2-14-35)18-3-1-4-19(15-18)26(28,29)30/h1,3-12,15,35H,2,13-14,16H2,(H,32,33)/t25-/m1/s1. The van der Waals surface area contributed by atoms with Gasteiger partial charge >= 0.3 is 6.18 Å². The average molecular weight is 515 g/mol. The molecular weight excluding hydrogens is 493 g/mol. The van der Waals surface area contributed by atoms with E-state index in [0.29, 0.717) is 40.6 Å². The van der Waals surface area contributed by atoms with Gasteiger partial charge in [-0.2, -0.15) is 18.4 Å². The molecule has 1 heterocycles. The highest BCUT2D eigenvalue weighted by Crippen LogP contribution is 2.42. The third-order valence-corrected chi connectivity index (χ3v) is 6.21. The molecule has 3 aromatic carbocycles. The van der Waals surface area contributed by atoms with Crippen molar-refractivity contribution in [2.24, 2.45) is 4.99 Å². The predicted octanol–water partition coefficient (Wildman–Crippen LogP) is 6.07. The number of guanidine groups is 1. The smallest absolute Gasteiger partial charge is 0.416 e. The summed E-state index contributed by atoms with van der Waals surface area (Å²) >= 11 is 5.92. The Balaban J connectivity index is 1.76. The van der Waals surface area contributed by atoms with Crippen LogP contribution in [-0.4, -0.2) is 24.2 Å². The van der Waals surface area contributed by atoms with Gasteiger partial charge < -0.3 is 15.2 Å². The Morgan fingerprint density at radius 2 is 1.75 bits per heavy atom. The van der Waals surface area contributed by atoms with Crippen molar-refractivity contribution in [3.8, 4) is 17.7 Å². The number of benzene rings is 3. The summed E-state index contributed by atoms with van der Waals surface area (Å²) in [5.74, 6) is 1.33. The lowest BCUT2D eigenvalue weighted by atomic mass is 9.83. The summed E-state index contributed by atoms with van der Waals surface area (Å²) in [6.07, 6.45) is -2.12. The molecule has 36 heavy (non-hydrogen) atoms. The van der Waals surface area contributed by atoms with Crippen LogP contribution in [0.1, 0.15) is 24.0 Å². The molecule has 0 spiro atoms. The zero-order valence-corrected chi connectivity index (χ0v) is 19.7. The molecule has 186 valence electrons. The Kier molecular flexibility index (Phi) is 7.38. The maximum atomic E-state index is 13.5. The third-order valence-electron chi connectivity index (χ3n) is 5.95. The van der Waals surface area contributed by atoms with Crippen molar-refractivity contribution >= 4 is 23.2 Å². The molecule has 4 rings (SSSR count). The van der Waals surface area contributed by atoms with Crippen molar-refractivity contribution < 1.29 is 23.0 Å². The molecular formula is C26H22ClF3N4O2. The first-order valence-corrected chi connectivity index (χ1v) is 11.5. The lowest BCUT2D eigenvalue weighted by molar-refractivity contribution is -0.137. The van der Waals surface area contributed by atoms with Crippen LogP contribution in [0.25, 0.3) is 0 Å². The Morgan fingerprint density at radius 3 is 2.36 bits per heavy atom. The van der Waals surface area contributed by atoms with E-state index in [1.807, 2.05) is 0 Å². The summed E-state index contributed by atoms with van der Waals surface area (Å²) in [5, 5.41) is 22.5. The van der Waals surface area contributed by atoms with Crippen LogP contribution < -0.4 is 15.0 Å². The minimum atomic E-state index is -4.52. The van der Waals surface area contributed by atoms with Gasteiger partial charge in [0.2, 0.25) is 12.2 Å². The Bertz CT molecular complexity index is 1270. The van der Waals surface area contributed by atoms with E-state index < -0.39 is 17.3 Å². The number of anilines is 1. The maximum absolute atomic E-state index is 13.5. The predicted molar refractivity (Wildman–Crippen MR) is 131 cm³/mol. The van der Waals surface area contributed by atoms with E-state index in [9.17, 15) is 23.5 Å². The number of hydrogen-bond acceptors (Lipinski definition) is 4. The fourth-order valence-corrected chi connectivity index (χ4v) is 4.45. The van der Waals surface area contributed by atoms with Crippen LogP contribution in [0, 0.1) is 11.5 Å². The van der Waals surface area contributed by atoms with Gasteiger partial charge in [0.15, 0.2) is 0 Å². The highest BCUT2D eigenvalue weighted by atomic mass is 35.5. The molecule has 0 saturated carbocycles. The van der Waals surface area contributed by atoms with Crippen LogP contribution >= 0.6 is 11.6 Å². The number of aliphatic imine (C=N–C) groups is 1. The van der Waals surface area contributed by atoms with Gasteiger partial charge in [0, 0.05) is 23.9 Å². The monoisotopic (exact) mass is 514 g/mol. The van der Waals surface area contributed by atoms with Crippen LogP contribution in [0.5, 0.6) is 11.5 Å². The summed E-state index contributed by atoms with van der Waals surface area (Å²) in [6.45, 7) is 0.0466. The number of aliphatic hydroxyl groups excluding tert-OH is 1. The first kappa shape index (κ1) is 25.4. The van der Waals surface area contributed by atoms with E-state index >= 15 is 0 Å². The van der Waals surface area contributed by atoms with Gasteiger partial charge in [-0.25, -0.2) is 0 Å². The van der Waals surface area contributed by atoms with E-state index in [1.165, 1.54) is 6.07 Å². The third kappa shape index (κ3) is 5.25. The normalized spacial score (nSPS) is 18.7. The molecule has 3 aromatic rings. The molecule has 1 aliphatic rings. The molecule has 1 saturated heterocycles. The lowest BCUT2D eigenvalue weighted by Crippen LogP contribution is -2.45. The van der Waals surface area contributed by atoms with Crippen molar-refractivity contribution in [1.82, 2.24) is 5.32 Å². The van der Waals surface area contributed by atoms with Crippen LogP contribution in [0.15, 0.2) is 77.8 Å². The van der Waals surface area contributed by atoms with Gasteiger partial charge in [-0.15, -0.1) is 4.99 Å². The molecule has 0 amide bonds. The van der Waals surface area contributed by atoms with Gasteiger partial charge in [0.25, 0.3) is 0 Å². The Hall–Kier alpha value is -3.74. The van der Waals surface area contributed by atoms with Gasteiger partial charge in [0.05, 0.1) is 11.1 Å². The number of halogens is 4. The average Bonchev–Trinajstić information content (AvgIpc) is 3.23. The number of rotatable bonds is 7.